The molecule has 0 fully saturated rings. The lowest BCUT2D eigenvalue weighted by molar-refractivity contribution is -0.122. The average molecular weight is 238 g/mol. The quantitative estimate of drug-likeness (QED) is 0.792. The number of rotatable bonds is 5. The summed E-state index contributed by atoms with van der Waals surface area (Å²) in [5, 5.41) is 2.94. The minimum absolute atomic E-state index is 0.0601. The molecule has 0 aromatic carbocycles. The van der Waals surface area contributed by atoms with Crippen molar-refractivity contribution in [1.29, 1.82) is 0 Å². The van der Waals surface area contributed by atoms with E-state index in [2.05, 4.69) is 10.3 Å². The first kappa shape index (κ1) is 13.7. The van der Waals surface area contributed by atoms with Crippen LogP contribution in [-0.4, -0.2) is 27.5 Å². The van der Waals surface area contributed by atoms with Crippen molar-refractivity contribution in [3.63, 3.8) is 0 Å². The highest BCUT2D eigenvalue weighted by atomic mass is 16.1. The molecule has 0 aliphatic heterocycles. The van der Waals surface area contributed by atoms with Crippen molar-refractivity contribution in [2.75, 3.05) is 6.54 Å². The maximum atomic E-state index is 11.7. The van der Waals surface area contributed by atoms with Crippen LogP contribution in [0.2, 0.25) is 0 Å². The molecule has 1 amide bonds. The Bertz CT molecular complexity index is 365. The molecule has 3 N–H and O–H groups in total. The summed E-state index contributed by atoms with van der Waals surface area (Å²) in [5.41, 5.74) is 6.41. The van der Waals surface area contributed by atoms with E-state index in [-0.39, 0.29) is 11.4 Å². The van der Waals surface area contributed by atoms with E-state index in [1.807, 2.05) is 25.3 Å². The van der Waals surface area contributed by atoms with Crippen molar-refractivity contribution in [1.82, 2.24) is 14.9 Å². The Morgan fingerprint density at radius 2 is 2.24 bits per heavy atom. The number of aromatic nitrogens is 2. The number of nitrogens with two attached hydrogens (primary N) is 1. The molecule has 0 saturated carbocycles. The van der Waals surface area contributed by atoms with Crippen LogP contribution < -0.4 is 11.1 Å². The predicted molar refractivity (Wildman–Crippen MR) is 67.5 cm³/mol. The van der Waals surface area contributed by atoms with Crippen molar-refractivity contribution < 1.29 is 4.79 Å². The molecule has 0 aliphatic carbocycles. The third kappa shape index (κ3) is 4.99. The Balaban J connectivity index is 2.44. The smallest absolute Gasteiger partial charge is 0.222 e. The molecule has 0 unspecified atom stereocenters. The third-order valence-corrected chi connectivity index (χ3v) is 2.29. The lowest BCUT2D eigenvalue weighted by Crippen LogP contribution is -2.40. The largest absolute Gasteiger partial charge is 0.351 e. The Hall–Kier alpha value is -1.36. The van der Waals surface area contributed by atoms with Gasteiger partial charge in [0.25, 0.3) is 0 Å². The second-order valence-electron chi connectivity index (χ2n) is 5.17. The minimum Gasteiger partial charge on any atom is -0.351 e. The van der Waals surface area contributed by atoms with Crippen molar-refractivity contribution in [2.45, 2.75) is 45.7 Å². The normalized spacial score (nSPS) is 11.5. The van der Waals surface area contributed by atoms with Crippen LogP contribution in [-0.2, 0) is 17.8 Å². The highest BCUT2D eigenvalue weighted by Crippen LogP contribution is 2.03. The van der Waals surface area contributed by atoms with E-state index in [0.717, 1.165) is 12.1 Å². The minimum atomic E-state index is -0.174. The summed E-state index contributed by atoms with van der Waals surface area (Å²) in [4.78, 5) is 15.7. The van der Waals surface area contributed by atoms with Crippen LogP contribution in [0, 0.1) is 0 Å². The van der Waals surface area contributed by atoms with E-state index in [0.29, 0.717) is 19.5 Å². The number of nitrogens with one attached hydrogen (secondary N) is 1. The van der Waals surface area contributed by atoms with Gasteiger partial charge in [-0.05, 0) is 27.3 Å². The number of aryl methyl sites for hydroxylation is 1. The van der Waals surface area contributed by atoms with Crippen LogP contribution in [0.4, 0.5) is 0 Å². The number of amides is 1. The Kier molecular flexibility index (Phi) is 4.69. The fraction of sp³-hybridized carbons (Fsp3) is 0.667. The molecule has 0 bridgehead atoms. The summed E-state index contributed by atoms with van der Waals surface area (Å²) in [6, 6.07) is 0. The van der Waals surface area contributed by atoms with Gasteiger partial charge in [-0.1, -0.05) is 0 Å². The molecule has 1 rings (SSSR count). The van der Waals surface area contributed by atoms with E-state index in [9.17, 15) is 4.79 Å². The van der Waals surface area contributed by atoms with Crippen molar-refractivity contribution in [3.8, 4) is 0 Å². The summed E-state index contributed by atoms with van der Waals surface area (Å²) in [6.07, 6.45) is 4.80. The molecule has 0 saturated heterocycles. The SMILES string of the molecule is CC(C)(C)NC(=O)CCn1cncc1CCN. The molecule has 5 heteroatoms. The summed E-state index contributed by atoms with van der Waals surface area (Å²) >= 11 is 0. The molecule has 17 heavy (non-hydrogen) atoms. The molecule has 1 aromatic heterocycles. The zero-order chi connectivity index (χ0) is 12.9. The first-order valence-electron chi connectivity index (χ1n) is 5.92. The molecule has 1 aromatic rings. The Morgan fingerprint density at radius 3 is 2.82 bits per heavy atom. The maximum absolute atomic E-state index is 11.7. The van der Waals surface area contributed by atoms with Gasteiger partial charge in [-0.25, -0.2) is 4.98 Å². The molecule has 0 atom stereocenters. The van der Waals surface area contributed by atoms with Gasteiger partial charge in [-0.3, -0.25) is 4.79 Å². The van der Waals surface area contributed by atoms with Crippen molar-refractivity contribution >= 4 is 5.91 Å². The molecule has 0 aliphatic rings. The first-order valence-corrected chi connectivity index (χ1v) is 5.92. The Morgan fingerprint density at radius 1 is 1.53 bits per heavy atom. The molecule has 96 valence electrons. The van der Waals surface area contributed by atoms with Crippen molar-refractivity contribution in [2.24, 2.45) is 5.73 Å². The highest BCUT2D eigenvalue weighted by Gasteiger charge is 2.13. The van der Waals surface area contributed by atoms with Crippen LogP contribution in [0.3, 0.4) is 0 Å². The number of imidazole rings is 1. The van der Waals surface area contributed by atoms with Gasteiger partial charge in [0, 0.05) is 36.8 Å². The van der Waals surface area contributed by atoms with Gasteiger partial charge in [-0.2, -0.15) is 0 Å². The topological polar surface area (TPSA) is 72.9 Å². The van der Waals surface area contributed by atoms with E-state index < -0.39 is 0 Å². The molecule has 1 heterocycles. The lowest BCUT2D eigenvalue weighted by Gasteiger charge is -2.20. The summed E-state index contributed by atoms with van der Waals surface area (Å²) in [6.45, 7) is 7.17. The number of carbonyl (C=O) groups is 1. The third-order valence-electron chi connectivity index (χ3n) is 2.29. The number of hydrogen-bond donors (Lipinski definition) is 2. The van der Waals surface area contributed by atoms with E-state index in [4.69, 9.17) is 5.73 Å². The average Bonchev–Trinajstić information content (AvgIpc) is 2.60. The summed E-state index contributed by atoms with van der Waals surface area (Å²) in [7, 11) is 0. The van der Waals surface area contributed by atoms with Crippen LogP contribution in [0.1, 0.15) is 32.9 Å². The lowest BCUT2D eigenvalue weighted by atomic mass is 10.1. The van der Waals surface area contributed by atoms with Gasteiger partial charge >= 0.3 is 0 Å². The molecular formula is C12H22N4O. The zero-order valence-corrected chi connectivity index (χ0v) is 10.9. The second kappa shape index (κ2) is 5.82. The van der Waals surface area contributed by atoms with Gasteiger partial charge in [0.2, 0.25) is 5.91 Å². The van der Waals surface area contributed by atoms with Gasteiger partial charge in [0.1, 0.15) is 0 Å². The molecule has 0 spiro atoms. The van der Waals surface area contributed by atoms with E-state index >= 15 is 0 Å². The van der Waals surface area contributed by atoms with Crippen molar-refractivity contribution in [3.05, 3.63) is 18.2 Å². The summed E-state index contributed by atoms with van der Waals surface area (Å²) < 4.78 is 1.98. The fourth-order valence-corrected chi connectivity index (χ4v) is 1.61. The van der Waals surface area contributed by atoms with Crippen LogP contribution >= 0.6 is 0 Å². The first-order chi connectivity index (χ1) is 7.92. The summed E-state index contributed by atoms with van der Waals surface area (Å²) in [5.74, 6) is 0.0601. The van der Waals surface area contributed by atoms with Gasteiger partial charge in [-0.15, -0.1) is 0 Å². The Labute approximate surface area is 102 Å². The van der Waals surface area contributed by atoms with Gasteiger partial charge in [0.05, 0.1) is 6.33 Å². The van der Waals surface area contributed by atoms with Crippen LogP contribution in [0.25, 0.3) is 0 Å². The molecule has 0 radical (unpaired) electrons. The van der Waals surface area contributed by atoms with Gasteiger partial charge < -0.3 is 15.6 Å². The molecular weight excluding hydrogens is 216 g/mol. The molecule has 5 nitrogen and oxygen atoms in total. The highest BCUT2D eigenvalue weighted by molar-refractivity contribution is 5.76. The number of hydrogen-bond acceptors (Lipinski definition) is 3. The predicted octanol–water partition coefficient (Wildman–Crippen LogP) is 0.689. The van der Waals surface area contributed by atoms with E-state index in [1.54, 1.807) is 12.5 Å². The number of nitrogens with zero attached hydrogens (tertiary/aromatic N) is 2. The van der Waals surface area contributed by atoms with Crippen LogP contribution in [0.5, 0.6) is 0 Å². The van der Waals surface area contributed by atoms with Crippen LogP contribution in [0.15, 0.2) is 12.5 Å². The standard InChI is InChI=1S/C12H22N4O/c1-12(2,3)15-11(17)5-7-16-9-14-8-10(16)4-6-13/h8-9H,4-7,13H2,1-3H3,(H,15,17). The number of carbonyl (C=O) groups excluding carboxylic acids is 1. The fourth-order valence-electron chi connectivity index (χ4n) is 1.61. The van der Waals surface area contributed by atoms with E-state index in [1.165, 1.54) is 0 Å². The van der Waals surface area contributed by atoms with Gasteiger partial charge in [0.15, 0.2) is 0 Å². The maximum Gasteiger partial charge on any atom is 0.222 e. The second-order valence-corrected chi connectivity index (χ2v) is 5.17. The monoisotopic (exact) mass is 238 g/mol. The zero-order valence-electron chi connectivity index (χ0n) is 10.9.